The molecule has 2 N–H and O–H groups in total. The van der Waals surface area contributed by atoms with Crippen molar-refractivity contribution in [3.05, 3.63) is 11.9 Å². The molecular weight excluding hydrogens is 256 g/mol. The van der Waals surface area contributed by atoms with E-state index in [1.807, 2.05) is 31.9 Å². The zero-order valence-electron chi connectivity index (χ0n) is 13.1. The Morgan fingerprint density at radius 3 is 2.65 bits per heavy atom. The van der Waals surface area contributed by atoms with Gasteiger partial charge in [-0.2, -0.15) is 0 Å². The fourth-order valence-corrected chi connectivity index (χ4v) is 1.61. The molecule has 0 atom stereocenters. The van der Waals surface area contributed by atoms with Crippen molar-refractivity contribution in [3.8, 4) is 0 Å². The Kier molecular flexibility index (Phi) is 6.16. The number of nitrogens with one attached hydrogen (secondary N) is 1. The third kappa shape index (κ3) is 4.31. The molecular formula is C14H26N4O2. The highest BCUT2D eigenvalue weighted by Gasteiger charge is 2.24. The first kappa shape index (κ1) is 16.7. The summed E-state index contributed by atoms with van der Waals surface area (Å²) in [5.41, 5.74) is -0.388. The molecule has 1 heterocycles. The summed E-state index contributed by atoms with van der Waals surface area (Å²) < 4.78 is 5.11. The topological polar surface area (TPSA) is 70.5 Å². The van der Waals surface area contributed by atoms with E-state index in [-0.39, 0.29) is 12.1 Å². The average Bonchev–Trinajstić information content (AvgIpc) is 2.44. The van der Waals surface area contributed by atoms with Gasteiger partial charge >= 0.3 is 0 Å². The van der Waals surface area contributed by atoms with Crippen LogP contribution in [0.15, 0.2) is 6.07 Å². The van der Waals surface area contributed by atoms with Gasteiger partial charge in [0.1, 0.15) is 18.2 Å². The molecule has 1 aromatic rings. The van der Waals surface area contributed by atoms with Gasteiger partial charge in [0.2, 0.25) is 0 Å². The highest BCUT2D eigenvalue weighted by atomic mass is 16.5. The summed E-state index contributed by atoms with van der Waals surface area (Å²) in [4.78, 5) is 10.8. The third-order valence-corrected chi connectivity index (χ3v) is 3.23. The molecule has 0 aliphatic carbocycles. The van der Waals surface area contributed by atoms with Crippen molar-refractivity contribution >= 4 is 11.6 Å². The molecule has 0 unspecified atom stereocenters. The lowest BCUT2D eigenvalue weighted by molar-refractivity contribution is 0.177. The number of hydrogen-bond donors (Lipinski definition) is 2. The Hall–Kier alpha value is -1.40. The van der Waals surface area contributed by atoms with Crippen molar-refractivity contribution < 1.29 is 9.84 Å². The van der Waals surface area contributed by atoms with Crippen molar-refractivity contribution in [1.29, 1.82) is 0 Å². The predicted molar refractivity (Wildman–Crippen MR) is 81.1 cm³/mol. The van der Waals surface area contributed by atoms with E-state index in [0.29, 0.717) is 12.4 Å². The molecule has 0 aliphatic heterocycles. The number of aliphatic hydroxyl groups is 1. The van der Waals surface area contributed by atoms with Gasteiger partial charge in [0.25, 0.3) is 0 Å². The third-order valence-electron chi connectivity index (χ3n) is 3.23. The van der Waals surface area contributed by atoms with Crippen LogP contribution in [0.1, 0.15) is 33.0 Å². The minimum absolute atomic E-state index is 0.0465. The molecule has 0 saturated heterocycles. The summed E-state index contributed by atoms with van der Waals surface area (Å²) >= 11 is 0. The normalized spacial score (nSPS) is 11.5. The second-order valence-corrected chi connectivity index (χ2v) is 5.42. The fraction of sp³-hybridized carbons (Fsp3) is 0.714. The lowest BCUT2D eigenvalue weighted by Gasteiger charge is -2.35. The summed E-state index contributed by atoms with van der Waals surface area (Å²) in [6.07, 6.45) is 1.02. The number of aliphatic hydroxyl groups excluding tert-OH is 1. The van der Waals surface area contributed by atoms with Gasteiger partial charge < -0.3 is 20.1 Å². The highest BCUT2D eigenvalue weighted by Crippen LogP contribution is 2.22. The standard InChI is InChI=1S/C14H26N4O2/c1-6-7-15-11-8-13(17-12(16-11)9-20-5)18(4)14(2,3)10-19/h8,19H,6-7,9-10H2,1-5H3,(H,15,16,17). The fourth-order valence-electron chi connectivity index (χ4n) is 1.61. The molecule has 6 heteroatoms. The molecule has 1 aromatic heterocycles. The molecule has 6 nitrogen and oxygen atoms in total. The summed E-state index contributed by atoms with van der Waals surface area (Å²) in [5.74, 6) is 2.18. The number of rotatable bonds is 8. The largest absolute Gasteiger partial charge is 0.394 e. The van der Waals surface area contributed by atoms with Crippen molar-refractivity contribution in [3.63, 3.8) is 0 Å². The van der Waals surface area contributed by atoms with E-state index >= 15 is 0 Å². The van der Waals surface area contributed by atoms with E-state index in [2.05, 4.69) is 22.2 Å². The van der Waals surface area contributed by atoms with Crippen LogP contribution >= 0.6 is 0 Å². The zero-order chi connectivity index (χ0) is 15.2. The highest BCUT2D eigenvalue weighted by molar-refractivity contribution is 5.50. The number of likely N-dealkylation sites (N-methyl/N-ethyl adjacent to an activating group) is 1. The Morgan fingerprint density at radius 2 is 2.10 bits per heavy atom. The van der Waals surface area contributed by atoms with Crippen molar-refractivity contribution in [2.75, 3.05) is 37.5 Å². The van der Waals surface area contributed by atoms with E-state index in [1.165, 1.54) is 0 Å². The quantitative estimate of drug-likeness (QED) is 0.755. The van der Waals surface area contributed by atoms with Crippen LogP contribution in [-0.4, -0.2) is 47.9 Å². The van der Waals surface area contributed by atoms with Crippen LogP contribution in [0.5, 0.6) is 0 Å². The van der Waals surface area contributed by atoms with Gasteiger partial charge in [-0.1, -0.05) is 6.92 Å². The second kappa shape index (κ2) is 7.40. The first-order valence-electron chi connectivity index (χ1n) is 6.90. The smallest absolute Gasteiger partial charge is 0.158 e. The van der Waals surface area contributed by atoms with E-state index in [1.54, 1.807) is 7.11 Å². The van der Waals surface area contributed by atoms with Gasteiger partial charge in [-0.25, -0.2) is 9.97 Å². The zero-order valence-corrected chi connectivity index (χ0v) is 13.1. The van der Waals surface area contributed by atoms with Crippen molar-refractivity contribution in [1.82, 2.24) is 9.97 Å². The minimum Gasteiger partial charge on any atom is -0.394 e. The molecule has 0 radical (unpaired) electrons. The van der Waals surface area contributed by atoms with Crippen LogP contribution in [0, 0.1) is 0 Å². The van der Waals surface area contributed by atoms with E-state index in [9.17, 15) is 5.11 Å². The van der Waals surface area contributed by atoms with Crippen LogP contribution < -0.4 is 10.2 Å². The SMILES string of the molecule is CCCNc1cc(N(C)C(C)(C)CO)nc(COC)n1. The van der Waals surface area contributed by atoms with Crippen LogP contribution in [0.3, 0.4) is 0 Å². The predicted octanol–water partition coefficient (Wildman–Crippen LogP) is 1.65. The molecule has 0 bridgehead atoms. The summed E-state index contributed by atoms with van der Waals surface area (Å²) in [7, 11) is 3.54. The first-order chi connectivity index (χ1) is 9.44. The Bertz CT molecular complexity index is 424. The lowest BCUT2D eigenvalue weighted by atomic mass is 10.1. The molecule has 0 aromatic carbocycles. The van der Waals surface area contributed by atoms with Gasteiger partial charge in [-0.05, 0) is 20.3 Å². The minimum atomic E-state index is -0.388. The number of ether oxygens (including phenoxy) is 1. The maximum Gasteiger partial charge on any atom is 0.158 e. The molecule has 0 saturated carbocycles. The summed E-state index contributed by atoms with van der Waals surface area (Å²) in [6, 6.07) is 1.90. The first-order valence-corrected chi connectivity index (χ1v) is 6.90. The van der Waals surface area contributed by atoms with Crippen LogP contribution in [0.25, 0.3) is 0 Å². The van der Waals surface area contributed by atoms with Crippen molar-refractivity contribution in [2.45, 2.75) is 39.3 Å². The molecule has 114 valence electrons. The van der Waals surface area contributed by atoms with Gasteiger partial charge in [0.05, 0.1) is 12.1 Å². The molecule has 0 amide bonds. The average molecular weight is 282 g/mol. The molecule has 20 heavy (non-hydrogen) atoms. The number of aromatic nitrogens is 2. The van der Waals surface area contributed by atoms with Crippen LogP contribution in [-0.2, 0) is 11.3 Å². The Morgan fingerprint density at radius 1 is 1.40 bits per heavy atom. The van der Waals surface area contributed by atoms with Crippen LogP contribution in [0.2, 0.25) is 0 Å². The molecule has 0 fully saturated rings. The molecule has 0 spiro atoms. The second-order valence-electron chi connectivity index (χ2n) is 5.42. The Balaban J connectivity index is 3.07. The summed E-state index contributed by atoms with van der Waals surface area (Å²) in [6.45, 7) is 7.30. The van der Waals surface area contributed by atoms with E-state index in [0.717, 1.165) is 24.6 Å². The molecule has 0 aliphatic rings. The Labute approximate surface area is 121 Å². The van der Waals surface area contributed by atoms with Crippen LogP contribution in [0.4, 0.5) is 11.6 Å². The van der Waals surface area contributed by atoms with E-state index in [4.69, 9.17) is 4.74 Å². The number of hydrogen-bond acceptors (Lipinski definition) is 6. The van der Waals surface area contributed by atoms with Gasteiger partial charge in [-0.15, -0.1) is 0 Å². The van der Waals surface area contributed by atoms with Gasteiger partial charge in [0, 0.05) is 26.8 Å². The van der Waals surface area contributed by atoms with Gasteiger partial charge in [-0.3, -0.25) is 0 Å². The van der Waals surface area contributed by atoms with E-state index < -0.39 is 0 Å². The monoisotopic (exact) mass is 282 g/mol. The number of nitrogens with zero attached hydrogens (tertiary/aromatic N) is 3. The number of anilines is 2. The lowest BCUT2D eigenvalue weighted by Crippen LogP contribution is -2.45. The molecule has 1 rings (SSSR count). The van der Waals surface area contributed by atoms with Crippen molar-refractivity contribution in [2.24, 2.45) is 0 Å². The van der Waals surface area contributed by atoms with Gasteiger partial charge in [0.15, 0.2) is 5.82 Å². The maximum absolute atomic E-state index is 9.48. The number of methoxy groups -OCH3 is 1. The summed E-state index contributed by atoms with van der Waals surface area (Å²) in [5, 5.41) is 12.7. The maximum atomic E-state index is 9.48.